The van der Waals surface area contributed by atoms with Crippen molar-refractivity contribution in [3.8, 4) is 11.3 Å². The Kier molecular flexibility index (Phi) is 6.73. The summed E-state index contributed by atoms with van der Waals surface area (Å²) in [5.74, 6) is 2.15. The van der Waals surface area contributed by atoms with Crippen molar-refractivity contribution in [3.05, 3.63) is 66.1 Å². The predicted octanol–water partition coefficient (Wildman–Crippen LogP) is 4.05. The number of nitrogens with zero attached hydrogens (tertiary/aromatic N) is 3. The molecule has 3 aromatic rings. The topological polar surface area (TPSA) is 79.8 Å². The molecule has 0 atom stereocenters. The summed E-state index contributed by atoms with van der Waals surface area (Å²) < 4.78 is 11.0. The Labute approximate surface area is 188 Å². The van der Waals surface area contributed by atoms with Gasteiger partial charge in [0.15, 0.2) is 17.4 Å². The monoisotopic (exact) mass is 435 g/mol. The van der Waals surface area contributed by atoms with Crippen LogP contribution in [0, 0.1) is 5.92 Å². The van der Waals surface area contributed by atoms with Gasteiger partial charge in [0.05, 0.1) is 12.5 Å². The summed E-state index contributed by atoms with van der Waals surface area (Å²) in [6.07, 6.45) is 5.05. The number of hydrogen-bond donors (Lipinski definition) is 0. The molecule has 2 amide bonds. The number of aromatic nitrogens is 1. The molecule has 0 unspecified atom stereocenters. The Balaban J connectivity index is 1.25. The Hall–Kier alpha value is -3.35. The third-order valence-electron chi connectivity index (χ3n) is 5.64. The summed E-state index contributed by atoms with van der Waals surface area (Å²) in [5, 5.41) is 0. The van der Waals surface area contributed by atoms with E-state index in [4.69, 9.17) is 8.83 Å². The Morgan fingerprint density at radius 2 is 1.75 bits per heavy atom. The minimum absolute atomic E-state index is 0.0490. The largest absolute Gasteiger partial charge is 0.459 e. The minimum Gasteiger partial charge on any atom is -0.459 e. The van der Waals surface area contributed by atoms with Crippen LogP contribution >= 0.6 is 0 Å². The molecule has 1 saturated heterocycles. The first-order chi connectivity index (χ1) is 15.5. The van der Waals surface area contributed by atoms with E-state index < -0.39 is 0 Å². The molecular weight excluding hydrogens is 406 g/mol. The van der Waals surface area contributed by atoms with E-state index in [0.29, 0.717) is 62.3 Å². The number of oxazole rings is 1. The van der Waals surface area contributed by atoms with Gasteiger partial charge in [-0.2, -0.15) is 0 Å². The van der Waals surface area contributed by atoms with E-state index in [2.05, 4.69) is 43.1 Å². The van der Waals surface area contributed by atoms with Gasteiger partial charge in [-0.15, -0.1) is 0 Å². The highest BCUT2D eigenvalue weighted by Crippen LogP contribution is 2.22. The number of carbonyl (C=O) groups excluding carboxylic acids is 2. The van der Waals surface area contributed by atoms with Crippen LogP contribution < -0.4 is 0 Å². The highest BCUT2D eigenvalue weighted by molar-refractivity contribution is 5.91. The maximum Gasteiger partial charge on any atom is 0.289 e. The van der Waals surface area contributed by atoms with Crippen LogP contribution in [0.4, 0.5) is 0 Å². The molecular formula is C25H29N3O4. The van der Waals surface area contributed by atoms with Crippen LogP contribution in [0.25, 0.3) is 11.3 Å². The van der Waals surface area contributed by atoms with Gasteiger partial charge in [0.1, 0.15) is 0 Å². The van der Waals surface area contributed by atoms with Gasteiger partial charge in [0.2, 0.25) is 5.91 Å². The predicted molar refractivity (Wildman–Crippen MR) is 120 cm³/mol. The Morgan fingerprint density at radius 1 is 1.03 bits per heavy atom. The summed E-state index contributed by atoms with van der Waals surface area (Å²) in [7, 11) is 0. The van der Waals surface area contributed by atoms with Crippen molar-refractivity contribution in [2.75, 3.05) is 26.2 Å². The van der Waals surface area contributed by atoms with Crippen molar-refractivity contribution in [1.29, 1.82) is 0 Å². The summed E-state index contributed by atoms with van der Waals surface area (Å²) in [6.45, 7) is 6.45. The Morgan fingerprint density at radius 3 is 2.41 bits per heavy atom. The molecule has 2 aromatic heterocycles. The van der Waals surface area contributed by atoms with Gasteiger partial charge in [0, 0.05) is 44.6 Å². The number of hydrogen-bond acceptors (Lipinski definition) is 5. The molecule has 1 aromatic carbocycles. The van der Waals surface area contributed by atoms with Crippen molar-refractivity contribution in [2.45, 2.75) is 33.1 Å². The first-order valence-electron chi connectivity index (χ1n) is 11.1. The zero-order chi connectivity index (χ0) is 22.5. The van der Waals surface area contributed by atoms with E-state index >= 15 is 0 Å². The lowest BCUT2D eigenvalue weighted by atomic mass is 10.0. The normalized spacial score (nSPS) is 14.2. The molecule has 0 spiro atoms. The van der Waals surface area contributed by atoms with E-state index in [0.717, 1.165) is 12.0 Å². The van der Waals surface area contributed by atoms with Crippen LogP contribution in [0.2, 0.25) is 0 Å². The fourth-order valence-electron chi connectivity index (χ4n) is 3.92. The Bertz CT molecular complexity index is 1030. The highest BCUT2D eigenvalue weighted by atomic mass is 16.4. The molecule has 7 heteroatoms. The van der Waals surface area contributed by atoms with Crippen molar-refractivity contribution >= 4 is 11.8 Å². The van der Waals surface area contributed by atoms with Crippen molar-refractivity contribution in [3.63, 3.8) is 0 Å². The van der Waals surface area contributed by atoms with E-state index in [1.54, 1.807) is 28.1 Å². The number of carbonyl (C=O) groups is 2. The zero-order valence-electron chi connectivity index (χ0n) is 18.6. The average molecular weight is 436 g/mol. The van der Waals surface area contributed by atoms with Gasteiger partial charge in [-0.05, 0) is 30.0 Å². The zero-order valence-corrected chi connectivity index (χ0v) is 18.6. The van der Waals surface area contributed by atoms with E-state index in [9.17, 15) is 9.59 Å². The standard InChI is InChI=1S/C25H29N3O4/c1-18(2)16-19-5-7-20(8-6-19)22-17-26-23(32-22)9-10-24(29)27-11-13-28(14-12-27)25(30)21-4-3-15-31-21/h3-8,15,17-18H,9-14,16H2,1-2H3. The number of aryl methyl sites for hydroxylation is 1. The molecule has 0 saturated carbocycles. The molecule has 1 fully saturated rings. The van der Waals surface area contributed by atoms with Crippen molar-refractivity contribution in [2.24, 2.45) is 5.92 Å². The first-order valence-corrected chi connectivity index (χ1v) is 11.1. The lowest BCUT2D eigenvalue weighted by Gasteiger charge is -2.34. The molecule has 168 valence electrons. The van der Waals surface area contributed by atoms with Gasteiger partial charge in [-0.3, -0.25) is 9.59 Å². The molecule has 4 rings (SSSR count). The van der Waals surface area contributed by atoms with Crippen molar-refractivity contribution in [1.82, 2.24) is 14.8 Å². The van der Waals surface area contributed by atoms with Gasteiger partial charge in [-0.25, -0.2) is 4.98 Å². The molecule has 1 aliphatic rings. The second kappa shape index (κ2) is 9.85. The number of piperazine rings is 1. The van der Waals surface area contributed by atoms with Gasteiger partial charge in [0.25, 0.3) is 5.91 Å². The van der Waals surface area contributed by atoms with Crippen LogP contribution in [0.5, 0.6) is 0 Å². The van der Waals surface area contributed by atoms with E-state index in [-0.39, 0.29) is 11.8 Å². The fraction of sp³-hybridized carbons (Fsp3) is 0.400. The maximum absolute atomic E-state index is 12.6. The molecule has 0 N–H and O–H groups in total. The fourth-order valence-corrected chi connectivity index (χ4v) is 3.92. The summed E-state index contributed by atoms with van der Waals surface area (Å²) >= 11 is 0. The number of rotatable bonds is 7. The average Bonchev–Trinajstić information content (AvgIpc) is 3.50. The number of furan rings is 1. The van der Waals surface area contributed by atoms with Crippen LogP contribution in [-0.4, -0.2) is 52.8 Å². The molecule has 3 heterocycles. The number of benzene rings is 1. The summed E-state index contributed by atoms with van der Waals surface area (Å²) in [4.78, 5) is 32.8. The van der Waals surface area contributed by atoms with Crippen LogP contribution in [-0.2, 0) is 17.6 Å². The minimum atomic E-state index is -0.133. The van der Waals surface area contributed by atoms with Crippen LogP contribution in [0.3, 0.4) is 0 Å². The lowest BCUT2D eigenvalue weighted by Crippen LogP contribution is -2.50. The summed E-state index contributed by atoms with van der Waals surface area (Å²) in [5.41, 5.74) is 2.29. The van der Waals surface area contributed by atoms with Crippen LogP contribution in [0.1, 0.15) is 42.3 Å². The molecule has 0 bridgehead atoms. The second-order valence-electron chi connectivity index (χ2n) is 8.56. The molecule has 7 nitrogen and oxygen atoms in total. The van der Waals surface area contributed by atoms with Crippen LogP contribution in [0.15, 0.2) is 57.7 Å². The molecule has 1 aliphatic heterocycles. The smallest absolute Gasteiger partial charge is 0.289 e. The van der Waals surface area contributed by atoms with E-state index in [1.807, 2.05) is 0 Å². The molecule has 0 aliphatic carbocycles. The van der Waals surface area contributed by atoms with Gasteiger partial charge in [-0.1, -0.05) is 38.1 Å². The SMILES string of the molecule is CC(C)Cc1ccc(-c2cnc(CCC(=O)N3CCN(C(=O)c4ccco4)CC3)o2)cc1. The number of amides is 2. The third-order valence-corrected chi connectivity index (χ3v) is 5.64. The molecule has 32 heavy (non-hydrogen) atoms. The van der Waals surface area contributed by atoms with E-state index in [1.165, 1.54) is 11.8 Å². The second-order valence-corrected chi connectivity index (χ2v) is 8.56. The first kappa shape index (κ1) is 21.9. The lowest BCUT2D eigenvalue weighted by molar-refractivity contribution is -0.132. The molecule has 0 radical (unpaired) electrons. The maximum atomic E-state index is 12.6. The van der Waals surface area contributed by atoms with Gasteiger partial charge >= 0.3 is 0 Å². The summed E-state index contributed by atoms with van der Waals surface area (Å²) in [6, 6.07) is 11.7. The quantitative estimate of drug-likeness (QED) is 0.559. The van der Waals surface area contributed by atoms with Gasteiger partial charge < -0.3 is 18.6 Å². The van der Waals surface area contributed by atoms with Crippen molar-refractivity contribution < 1.29 is 18.4 Å². The highest BCUT2D eigenvalue weighted by Gasteiger charge is 2.26. The third kappa shape index (κ3) is 5.28.